The van der Waals surface area contributed by atoms with Crippen LogP contribution in [0.1, 0.15) is 25.5 Å². The number of benzene rings is 1. The first-order valence-corrected chi connectivity index (χ1v) is 4.65. The molecule has 1 aromatic carbocycles. The minimum absolute atomic E-state index is 0.155. The van der Waals surface area contributed by atoms with Gasteiger partial charge in [-0.2, -0.15) is 0 Å². The number of rotatable bonds is 3. The van der Waals surface area contributed by atoms with Crippen LogP contribution in [0.2, 0.25) is 0 Å². The zero-order valence-corrected chi connectivity index (χ0v) is 8.75. The number of aliphatic hydroxyl groups excluding tert-OH is 1. The van der Waals surface area contributed by atoms with E-state index >= 15 is 0 Å². The summed E-state index contributed by atoms with van der Waals surface area (Å²) in [5, 5.41) is 9.22. The van der Waals surface area contributed by atoms with Crippen LogP contribution in [0.25, 0.3) is 0 Å². The van der Waals surface area contributed by atoms with Gasteiger partial charge in [0.2, 0.25) is 0 Å². The van der Waals surface area contributed by atoms with Crippen molar-refractivity contribution >= 4 is 0 Å². The Balaban J connectivity index is 2.77. The van der Waals surface area contributed by atoms with E-state index in [2.05, 4.69) is 11.8 Å². The van der Waals surface area contributed by atoms with Crippen molar-refractivity contribution in [3.63, 3.8) is 0 Å². The van der Waals surface area contributed by atoms with Crippen LogP contribution >= 0.6 is 0 Å². The summed E-state index contributed by atoms with van der Waals surface area (Å²) in [5.41, 5.74) is 0.529. The van der Waals surface area contributed by atoms with Gasteiger partial charge >= 0.3 is 0 Å². The van der Waals surface area contributed by atoms with E-state index in [1.807, 2.05) is 0 Å². The second-order valence-electron chi connectivity index (χ2n) is 3.08. The van der Waals surface area contributed by atoms with E-state index in [-0.39, 0.29) is 12.4 Å². The predicted octanol–water partition coefficient (Wildman–Crippen LogP) is 2.28. The average Bonchev–Trinajstić information content (AvgIpc) is 2.20. The molecule has 0 bridgehead atoms. The molecule has 15 heavy (non-hydrogen) atoms. The molecule has 0 saturated heterocycles. The quantitative estimate of drug-likeness (QED) is 0.772. The maximum Gasteiger partial charge on any atom is 0.165 e. The molecule has 2 nitrogen and oxygen atoms in total. The highest BCUT2D eigenvalue weighted by Crippen LogP contribution is 2.21. The molecule has 0 aliphatic heterocycles. The molecule has 1 N–H and O–H groups in total. The average molecular weight is 208 g/mol. The first-order chi connectivity index (χ1) is 7.15. The summed E-state index contributed by atoms with van der Waals surface area (Å²) in [6, 6.07) is 4.39. The van der Waals surface area contributed by atoms with Gasteiger partial charge in [0.05, 0.1) is 6.10 Å². The molecule has 0 spiro atoms. The normalized spacial score (nSPS) is 11.5. The van der Waals surface area contributed by atoms with E-state index in [1.54, 1.807) is 19.9 Å². The first-order valence-electron chi connectivity index (χ1n) is 4.65. The number of ether oxygens (including phenoxy) is 1. The van der Waals surface area contributed by atoms with Gasteiger partial charge < -0.3 is 9.84 Å². The maximum atomic E-state index is 13.4. The molecule has 1 aromatic rings. The van der Waals surface area contributed by atoms with Crippen molar-refractivity contribution in [2.75, 3.05) is 6.61 Å². The highest BCUT2D eigenvalue weighted by atomic mass is 19.1. The van der Waals surface area contributed by atoms with Crippen LogP contribution in [-0.4, -0.2) is 11.7 Å². The van der Waals surface area contributed by atoms with Crippen LogP contribution < -0.4 is 4.74 Å². The fourth-order valence-electron chi connectivity index (χ4n) is 1.08. The van der Waals surface area contributed by atoms with Crippen LogP contribution in [-0.2, 0) is 0 Å². The Hall–Kier alpha value is -1.53. The lowest BCUT2D eigenvalue weighted by Gasteiger charge is -2.07. The monoisotopic (exact) mass is 208 g/mol. The zero-order chi connectivity index (χ0) is 11.3. The molecule has 0 saturated carbocycles. The Kier molecular flexibility index (Phi) is 4.14. The highest BCUT2D eigenvalue weighted by molar-refractivity contribution is 5.30. The lowest BCUT2D eigenvalue weighted by Crippen LogP contribution is -1.98. The largest absolute Gasteiger partial charge is 0.478 e. The number of aliphatic hydroxyl groups is 1. The molecule has 0 heterocycles. The minimum atomic E-state index is -0.677. The van der Waals surface area contributed by atoms with Gasteiger partial charge in [-0.15, -0.1) is 5.92 Å². The molecule has 0 radical (unpaired) electrons. The second-order valence-corrected chi connectivity index (χ2v) is 3.08. The first kappa shape index (κ1) is 11.5. The predicted molar refractivity (Wildman–Crippen MR) is 56.0 cm³/mol. The van der Waals surface area contributed by atoms with Gasteiger partial charge in [-0.05, 0) is 31.5 Å². The van der Waals surface area contributed by atoms with Gasteiger partial charge in [0.15, 0.2) is 11.6 Å². The van der Waals surface area contributed by atoms with E-state index in [9.17, 15) is 9.50 Å². The molecule has 0 fully saturated rings. The summed E-state index contributed by atoms with van der Waals surface area (Å²) in [4.78, 5) is 0. The van der Waals surface area contributed by atoms with Crippen molar-refractivity contribution in [1.82, 2.24) is 0 Å². The fourth-order valence-corrected chi connectivity index (χ4v) is 1.08. The topological polar surface area (TPSA) is 29.5 Å². The van der Waals surface area contributed by atoms with E-state index in [4.69, 9.17) is 4.74 Å². The van der Waals surface area contributed by atoms with Crippen LogP contribution in [0.15, 0.2) is 18.2 Å². The summed E-state index contributed by atoms with van der Waals surface area (Å²) in [6.45, 7) is 3.44. The molecular weight excluding hydrogens is 195 g/mol. The lowest BCUT2D eigenvalue weighted by atomic mass is 10.1. The minimum Gasteiger partial charge on any atom is -0.478 e. The van der Waals surface area contributed by atoms with Gasteiger partial charge in [-0.3, -0.25) is 0 Å². The third-order valence-electron chi connectivity index (χ3n) is 1.91. The molecule has 0 aliphatic carbocycles. The smallest absolute Gasteiger partial charge is 0.165 e. The van der Waals surface area contributed by atoms with E-state index in [0.29, 0.717) is 5.56 Å². The molecule has 0 unspecified atom stereocenters. The van der Waals surface area contributed by atoms with Gasteiger partial charge in [0.25, 0.3) is 0 Å². The summed E-state index contributed by atoms with van der Waals surface area (Å²) in [7, 11) is 0. The van der Waals surface area contributed by atoms with Crippen LogP contribution in [0.3, 0.4) is 0 Å². The zero-order valence-electron chi connectivity index (χ0n) is 8.75. The molecule has 0 aromatic heterocycles. The summed E-state index contributed by atoms with van der Waals surface area (Å²) >= 11 is 0. The van der Waals surface area contributed by atoms with E-state index in [1.165, 1.54) is 12.1 Å². The van der Waals surface area contributed by atoms with Crippen molar-refractivity contribution in [2.24, 2.45) is 0 Å². The van der Waals surface area contributed by atoms with E-state index in [0.717, 1.165) is 0 Å². The lowest BCUT2D eigenvalue weighted by molar-refractivity contribution is 0.198. The Bertz CT molecular complexity index is 388. The molecule has 3 heteroatoms. The number of halogens is 1. The van der Waals surface area contributed by atoms with Crippen molar-refractivity contribution in [3.8, 4) is 17.6 Å². The fraction of sp³-hybridized carbons (Fsp3) is 0.333. The summed E-state index contributed by atoms with van der Waals surface area (Å²) in [6.07, 6.45) is -0.677. The molecule has 1 rings (SSSR count). The van der Waals surface area contributed by atoms with Crippen LogP contribution in [0.5, 0.6) is 5.75 Å². The third kappa shape index (κ3) is 3.26. The summed E-state index contributed by atoms with van der Waals surface area (Å²) in [5.74, 6) is 5.00. The maximum absolute atomic E-state index is 13.4. The third-order valence-corrected chi connectivity index (χ3v) is 1.91. The Morgan fingerprint density at radius 2 is 2.27 bits per heavy atom. The van der Waals surface area contributed by atoms with Crippen molar-refractivity contribution in [1.29, 1.82) is 0 Å². The van der Waals surface area contributed by atoms with E-state index < -0.39 is 11.9 Å². The Morgan fingerprint density at radius 3 is 2.80 bits per heavy atom. The van der Waals surface area contributed by atoms with Gasteiger partial charge in [-0.25, -0.2) is 4.39 Å². The van der Waals surface area contributed by atoms with Gasteiger partial charge in [-0.1, -0.05) is 12.0 Å². The van der Waals surface area contributed by atoms with Crippen molar-refractivity contribution < 1.29 is 14.2 Å². The molecule has 0 amide bonds. The number of hydrogen-bond acceptors (Lipinski definition) is 2. The molecule has 1 atom stereocenters. The van der Waals surface area contributed by atoms with Crippen LogP contribution in [0, 0.1) is 17.7 Å². The Labute approximate surface area is 88.7 Å². The van der Waals surface area contributed by atoms with Gasteiger partial charge in [0.1, 0.15) is 6.61 Å². The molecule has 0 aliphatic rings. The van der Waals surface area contributed by atoms with Gasteiger partial charge in [0, 0.05) is 0 Å². The standard InChI is InChI=1S/C12H13FO2/c1-3-4-7-15-12-6-5-10(9(2)14)8-11(12)13/h5-6,8-9,14H,7H2,1-2H3/t9-/m0/s1. The highest BCUT2D eigenvalue weighted by Gasteiger charge is 2.07. The van der Waals surface area contributed by atoms with Crippen LogP contribution in [0.4, 0.5) is 4.39 Å². The second kappa shape index (κ2) is 5.38. The van der Waals surface area contributed by atoms with Crippen molar-refractivity contribution in [3.05, 3.63) is 29.6 Å². The SMILES string of the molecule is CC#CCOc1ccc([C@H](C)O)cc1F. The molecule has 80 valence electrons. The number of hydrogen-bond donors (Lipinski definition) is 1. The Morgan fingerprint density at radius 1 is 1.53 bits per heavy atom. The van der Waals surface area contributed by atoms with Crippen molar-refractivity contribution in [2.45, 2.75) is 20.0 Å². The molecular formula is C12H13FO2. The summed E-state index contributed by atoms with van der Waals surface area (Å²) < 4.78 is 18.4.